The number of nitrogens with one attached hydrogen (secondary N) is 4. The molecule has 1 amide bonds. The van der Waals surface area contributed by atoms with Gasteiger partial charge in [-0.1, -0.05) is 48.5 Å². The van der Waals surface area contributed by atoms with E-state index in [-0.39, 0.29) is 5.91 Å². The lowest BCUT2D eigenvalue weighted by Crippen LogP contribution is -2.41. The second kappa shape index (κ2) is 16.5. The van der Waals surface area contributed by atoms with Crippen LogP contribution >= 0.6 is 0 Å². The number of ether oxygens (including phenoxy) is 3. The molecule has 2 aromatic heterocycles. The highest BCUT2D eigenvalue weighted by Crippen LogP contribution is 2.41. The summed E-state index contributed by atoms with van der Waals surface area (Å²) in [5.74, 6) is 3.56. The Kier molecular flexibility index (Phi) is 10.8. The van der Waals surface area contributed by atoms with Crippen molar-refractivity contribution in [2.24, 2.45) is 0 Å². The number of methoxy groups -OCH3 is 1. The zero-order chi connectivity index (χ0) is 38.4. The third-order valence-electron chi connectivity index (χ3n) is 9.77. The standard InChI is InChI=1S/C43H45N9O4/c1-28-8-12-33(13-9-28)52-40(27-38(50-52)30-10-11-30)47-29(2)46-37-14-15-39(36-7-5-4-6-35(36)37)56-41-16-17-45-43(49-41)48-32-24-31(25-34(26-32)54-3)42(53)44-18-19-51-20-22-55-23-21-51/h4-9,12-17,24-27,30,46-47H,2,10-11,18-23H2,1,3H3,(H,44,53)(H,45,48,49). The predicted molar refractivity (Wildman–Crippen MR) is 219 cm³/mol. The second-order valence-corrected chi connectivity index (χ2v) is 14.0. The van der Waals surface area contributed by atoms with Gasteiger partial charge in [0, 0.05) is 84.2 Å². The Hall–Kier alpha value is -6.44. The number of amides is 1. The van der Waals surface area contributed by atoms with E-state index in [0.717, 1.165) is 66.1 Å². The van der Waals surface area contributed by atoms with E-state index in [4.69, 9.17) is 19.3 Å². The van der Waals surface area contributed by atoms with E-state index in [0.29, 0.717) is 66.1 Å². The van der Waals surface area contributed by atoms with Gasteiger partial charge in [0.25, 0.3) is 5.91 Å². The molecule has 4 N–H and O–H groups in total. The van der Waals surface area contributed by atoms with Crippen LogP contribution in [0.4, 0.5) is 23.1 Å². The number of anilines is 4. The highest BCUT2D eigenvalue weighted by atomic mass is 16.5. The van der Waals surface area contributed by atoms with E-state index in [9.17, 15) is 4.79 Å². The fourth-order valence-corrected chi connectivity index (χ4v) is 6.64. The molecule has 1 saturated carbocycles. The number of hydrogen-bond acceptors (Lipinski definition) is 11. The molecule has 6 aromatic rings. The molecule has 0 radical (unpaired) electrons. The average Bonchev–Trinajstić information content (AvgIpc) is 3.99. The molecule has 2 aliphatic rings. The molecule has 1 aliphatic heterocycles. The summed E-state index contributed by atoms with van der Waals surface area (Å²) in [6.07, 6.45) is 3.95. The third kappa shape index (κ3) is 8.75. The van der Waals surface area contributed by atoms with Crippen molar-refractivity contribution in [3.63, 3.8) is 0 Å². The summed E-state index contributed by atoms with van der Waals surface area (Å²) in [6, 6.07) is 29.2. The van der Waals surface area contributed by atoms with Gasteiger partial charge in [0.1, 0.15) is 23.1 Å². The SMILES string of the molecule is C=C(Nc1ccc(Oc2ccnc(Nc3cc(OC)cc(C(=O)NCCN4CCOCC4)c3)n2)c2ccccc12)Nc1cc(C2CC2)nn1-c1ccc(C)cc1. The lowest BCUT2D eigenvalue weighted by molar-refractivity contribution is 0.0383. The highest BCUT2D eigenvalue weighted by Gasteiger charge is 2.28. The molecular formula is C43H45N9O4. The Balaban J connectivity index is 0.951. The largest absolute Gasteiger partial charge is 0.497 e. The molecule has 13 heteroatoms. The van der Waals surface area contributed by atoms with Gasteiger partial charge in [-0.25, -0.2) is 9.67 Å². The van der Waals surface area contributed by atoms with Crippen LogP contribution in [0.5, 0.6) is 17.4 Å². The fraction of sp³-hybridized carbons (Fsp3) is 0.256. The highest BCUT2D eigenvalue weighted by molar-refractivity contribution is 5.99. The minimum Gasteiger partial charge on any atom is -0.497 e. The monoisotopic (exact) mass is 751 g/mol. The Labute approximate surface area is 325 Å². The zero-order valence-corrected chi connectivity index (χ0v) is 31.5. The van der Waals surface area contributed by atoms with Crippen LogP contribution in [0.1, 0.15) is 40.4 Å². The van der Waals surface area contributed by atoms with Crippen molar-refractivity contribution in [2.45, 2.75) is 25.7 Å². The maximum absolute atomic E-state index is 13.1. The van der Waals surface area contributed by atoms with Crippen LogP contribution in [-0.2, 0) is 4.74 Å². The van der Waals surface area contributed by atoms with Gasteiger partial charge in [0.2, 0.25) is 11.8 Å². The van der Waals surface area contributed by atoms with Crippen molar-refractivity contribution in [1.29, 1.82) is 0 Å². The zero-order valence-electron chi connectivity index (χ0n) is 31.5. The predicted octanol–water partition coefficient (Wildman–Crippen LogP) is 7.60. The first-order chi connectivity index (χ1) is 27.4. The summed E-state index contributed by atoms with van der Waals surface area (Å²) < 4.78 is 19.2. The lowest BCUT2D eigenvalue weighted by atomic mass is 10.1. The van der Waals surface area contributed by atoms with E-state index >= 15 is 0 Å². The van der Waals surface area contributed by atoms with Crippen molar-refractivity contribution in [3.05, 3.63) is 126 Å². The first kappa shape index (κ1) is 36.5. The Morgan fingerprint density at radius 3 is 2.54 bits per heavy atom. The molecule has 0 atom stereocenters. The quantitative estimate of drug-likeness (QED) is 0.0825. The Morgan fingerprint density at radius 2 is 1.75 bits per heavy atom. The first-order valence-corrected chi connectivity index (χ1v) is 18.9. The van der Waals surface area contributed by atoms with E-state index in [2.05, 4.69) is 80.0 Å². The molecule has 4 aromatic carbocycles. The number of carbonyl (C=O) groups excluding carboxylic acids is 1. The van der Waals surface area contributed by atoms with Gasteiger partial charge >= 0.3 is 0 Å². The number of aromatic nitrogens is 4. The summed E-state index contributed by atoms with van der Waals surface area (Å²) in [7, 11) is 1.56. The van der Waals surface area contributed by atoms with Crippen LogP contribution < -0.4 is 30.7 Å². The number of carbonyl (C=O) groups is 1. The van der Waals surface area contributed by atoms with E-state index in [1.165, 1.54) is 5.56 Å². The van der Waals surface area contributed by atoms with Crippen molar-refractivity contribution in [2.75, 3.05) is 62.5 Å². The molecule has 1 saturated heterocycles. The molecule has 3 heterocycles. The molecule has 56 heavy (non-hydrogen) atoms. The van der Waals surface area contributed by atoms with Gasteiger partial charge in [-0.3, -0.25) is 9.69 Å². The van der Waals surface area contributed by atoms with Gasteiger partial charge in [0.05, 0.1) is 31.7 Å². The molecule has 1 aliphatic carbocycles. The van der Waals surface area contributed by atoms with Crippen LogP contribution in [0, 0.1) is 6.92 Å². The molecular weight excluding hydrogens is 707 g/mol. The minimum absolute atomic E-state index is 0.195. The number of aryl methyl sites for hydroxylation is 1. The van der Waals surface area contributed by atoms with Gasteiger partial charge in [-0.2, -0.15) is 10.1 Å². The number of benzene rings is 4. The maximum atomic E-state index is 13.1. The van der Waals surface area contributed by atoms with Crippen LogP contribution in [0.3, 0.4) is 0 Å². The Morgan fingerprint density at radius 1 is 0.946 bits per heavy atom. The molecule has 2 fully saturated rings. The number of rotatable bonds is 15. The van der Waals surface area contributed by atoms with Gasteiger partial charge in [-0.05, 0) is 56.2 Å². The first-order valence-electron chi connectivity index (χ1n) is 18.9. The van der Waals surface area contributed by atoms with E-state index in [1.807, 2.05) is 41.1 Å². The summed E-state index contributed by atoms with van der Waals surface area (Å²) >= 11 is 0. The molecule has 286 valence electrons. The summed E-state index contributed by atoms with van der Waals surface area (Å²) in [6.45, 7) is 10.8. The van der Waals surface area contributed by atoms with Crippen molar-refractivity contribution >= 4 is 39.8 Å². The molecule has 0 spiro atoms. The third-order valence-corrected chi connectivity index (χ3v) is 9.77. The summed E-state index contributed by atoms with van der Waals surface area (Å²) in [5, 5.41) is 19.9. The van der Waals surface area contributed by atoms with Gasteiger partial charge in [0.15, 0.2) is 0 Å². The minimum atomic E-state index is -0.195. The van der Waals surface area contributed by atoms with Crippen molar-refractivity contribution in [3.8, 4) is 23.1 Å². The molecule has 13 nitrogen and oxygen atoms in total. The number of morpholine rings is 1. The number of fused-ring (bicyclic) bond motifs is 1. The van der Waals surface area contributed by atoms with Crippen LogP contribution in [-0.4, -0.2) is 77.1 Å². The lowest BCUT2D eigenvalue weighted by Gasteiger charge is -2.26. The van der Waals surface area contributed by atoms with Gasteiger partial charge in [-0.15, -0.1) is 0 Å². The van der Waals surface area contributed by atoms with Crippen molar-refractivity contribution in [1.82, 2.24) is 30.0 Å². The maximum Gasteiger partial charge on any atom is 0.251 e. The fourth-order valence-electron chi connectivity index (χ4n) is 6.64. The van der Waals surface area contributed by atoms with Crippen molar-refractivity contribution < 1.29 is 19.0 Å². The summed E-state index contributed by atoms with van der Waals surface area (Å²) in [4.78, 5) is 24.4. The smallest absolute Gasteiger partial charge is 0.251 e. The van der Waals surface area contributed by atoms with Gasteiger partial charge < -0.3 is 35.5 Å². The molecule has 8 rings (SSSR count). The topological polar surface area (TPSA) is 140 Å². The van der Waals surface area contributed by atoms with Crippen LogP contribution in [0.2, 0.25) is 0 Å². The van der Waals surface area contributed by atoms with E-state index < -0.39 is 0 Å². The summed E-state index contributed by atoms with van der Waals surface area (Å²) in [5.41, 5.74) is 5.18. The average molecular weight is 752 g/mol. The normalized spacial score (nSPS) is 14.2. The molecule has 0 bridgehead atoms. The number of nitrogens with zero attached hydrogens (tertiary/aromatic N) is 5. The van der Waals surface area contributed by atoms with E-state index in [1.54, 1.807) is 37.6 Å². The second-order valence-electron chi connectivity index (χ2n) is 14.0. The molecule has 0 unspecified atom stereocenters. The van der Waals surface area contributed by atoms with Crippen LogP contribution in [0.25, 0.3) is 16.5 Å². The Bertz CT molecular complexity index is 2350. The van der Waals surface area contributed by atoms with Crippen LogP contribution in [0.15, 0.2) is 110 Å². The number of hydrogen-bond donors (Lipinski definition) is 4.